The summed E-state index contributed by atoms with van der Waals surface area (Å²) >= 11 is 0. The van der Waals surface area contributed by atoms with Gasteiger partial charge in [0.25, 0.3) is 0 Å². The van der Waals surface area contributed by atoms with Crippen LogP contribution in [-0.4, -0.2) is 19.5 Å². The first kappa shape index (κ1) is 11.8. The molecule has 2 amide bonds. The van der Waals surface area contributed by atoms with Crippen LogP contribution in [0.15, 0.2) is 23.3 Å². The molecule has 6 nitrogen and oxygen atoms in total. The molecule has 0 aliphatic carbocycles. The summed E-state index contributed by atoms with van der Waals surface area (Å²) in [4.78, 5) is 11.4. The molecule has 16 heavy (non-hydrogen) atoms. The molecule has 0 aliphatic heterocycles. The minimum Gasteiger partial charge on any atom is -0.495 e. The quantitative estimate of drug-likeness (QED) is 0.309. The van der Waals surface area contributed by atoms with Gasteiger partial charge in [0.1, 0.15) is 12.1 Å². The fourth-order valence-corrected chi connectivity index (χ4v) is 1.22. The molecule has 0 spiro atoms. The van der Waals surface area contributed by atoms with Crippen LogP contribution in [0.5, 0.6) is 5.75 Å². The molecular weight excluding hydrogens is 208 g/mol. The highest BCUT2D eigenvalue weighted by Gasteiger charge is 2.08. The van der Waals surface area contributed by atoms with Crippen molar-refractivity contribution < 1.29 is 9.53 Å². The lowest BCUT2D eigenvalue weighted by atomic mass is 10.2. The summed E-state index contributed by atoms with van der Waals surface area (Å²) in [5.74, 6) is 5.46. The third kappa shape index (κ3) is 2.88. The second kappa shape index (κ2) is 5.59. The van der Waals surface area contributed by atoms with E-state index in [1.165, 1.54) is 0 Å². The van der Waals surface area contributed by atoms with E-state index in [9.17, 15) is 4.79 Å². The highest BCUT2D eigenvalue weighted by atomic mass is 16.5. The van der Waals surface area contributed by atoms with E-state index in [0.29, 0.717) is 11.4 Å². The molecule has 86 valence electrons. The molecule has 0 aliphatic rings. The smallest absolute Gasteiger partial charge is 0.324 e. The van der Waals surface area contributed by atoms with E-state index in [4.69, 9.17) is 10.6 Å². The molecule has 0 heterocycles. The maximum atomic E-state index is 11.4. The van der Waals surface area contributed by atoms with Crippen LogP contribution in [0.4, 0.5) is 10.5 Å². The molecule has 0 saturated heterocycles. The van der Waals surface area contributed by atoms with Crippen molar-refractivity contribution in [3.63, 3.8) is 0 Å². The molecule has 0 aromatic heterocycles. The van der Waals surface area contributed by atoms with Crippen LogP contribution in [0, 0.1) is 6.92 Å². The highest BCUT2D eigenvalue weighted by molar-refractivity contribution is 5.97. The number of urea groups is 1. The van der Waals surface area contributed by atoms with Gasteiger partial charge in [0.05, 0.1) is 12.8 Å². The van der Waals surface area contributed by atoms with E-state index in [1.807, 2.05) is 19.1 Å². The molecular formula is C10H14N4O2. The number of nitrogens with one attached hydrogen (secondary N) is 2. The lowest BCUT2D eigenvalue weighted by molar-refractivity contribution is 0.256. The number of amides is 2. The Labute approximate surface area is 93.5 Å². The molecule has 4 N–H and O–H groups in total. The number of carbonyl (C=O) groups excluding carboxylic acids is 1. The number of anilines is 1. The van der Waals surface area contributed by atoms with Crippen LogP contribution in [0.25, 0.3) is 0 Å². The van der Waals surface area contributed by atoms with Gasteiger partial charge < -0.3 is 15.9 Å². The summed E-state index contributed by atoms with van der Waals surface area (Å²) in [6.07, 6.45) is 1.10. The Bertz CT molecular complexity index is 404. The van der Waals surface area contributed by atoms with Gasteiger partial charge in [-0.3, -0.25) is 5.32 Å². The average Bonchev–Trinajstić information content (AvgIpc) is 2.29. The van der Waals surface area contributed by atoms with E-state index in [0.717, 1.165) is 11.9 Å². The summed E-state index contributed by atoms with van der Waals surface area (Å²) in [6, 6.07) is 5.05. The normalized spacial score (nSPS) is 10.1. The van der Waals surface area contributed by atoms with E-state index < -0.39 is 6.03 Å². The summed E-state index contributed by atoms with van der Waals surface area (Å²) < 4.78 is 5.13. The maximum Gasteiger partial charge on any atom is 0.324 e. The third-order valence-electron chi connectivity index (χ3n) is 1.96. The first-order valence-corrected chi connectivity index (χ1v) is 4.62. The van der Waals surface area contributed by atoms with Crippen molar-refractivity contribution in [1.29, 1.82) is 0 Å². The van der Waals surface area contributed by atoms with Crippen LogP contribution in [0.2, 0.25) is 0 Å². The van der Waals surface area contributed by atoms with Crippen molar-refractivity contribution in [2.24, 2.45) is 10.9 Å². The van der Waals surface area contributed by atoms with Crippen LogP contribution in [-0.2, 0) is 0 Å². The first-order chi connectivity index (χ1) is 7.69. The van der Waals surface area contributed by atoms with Gasteiger partial charge >= 0.3 is 6.03 Å². The van der Waals surface area contributed by atoms with E-state index >= 15 is 0 Å². The number of rotatable bonds is 3. The summed E-state index contributed by atoms with van der Waals surface area (Å²) in [5.41, 5.74) is 1.52. The molecule has 6 heteroatoms. The number of para-hydroxylation sites is 1. The van der Waals surface area contributed by atoms with Crippen LogP contribution in [0.1, 0.15) is 5.56 Å². The second-order valence-corrected chi connectivity index (χ2v) is 3.03. The summed E-state index contributed by atoms with van der Waals surface area (Å²) in [5, 5.41) is 8.13. The lowest BCUT2D eigenvalue weighted by Gasteiger charge is -2.12. The Morgan fingerprint density at radius 2 is 2.31 bits per heavy atom. The monoisotopic (exact) mass is 222 g/mol. The molecule has 0 unspecified atom stereocenters. The lowest BCUT2D eigenvalue weighted by Crippen LogP contribution is -2.28. The minimum absolute atomic E-state index is 0.429. The van der Waals surface area contributed by atoms with Gasteiger partial charge in [-0.05, 0) is 18.6 Å². The minimum atomic E-state index is -0.429. The molecule has 1 aromatic rings. The molecule has 0 bridgehead atoms. The number of aryl methyl sites for hydroxylation is 1. The number of nitrogens with two attached hydrogens (primary N) is 1. The van der Waals surface area contributed by atoms with Crippen LogP contribution >= 0.6 is 0 Å². The molecule has 1 rings (SSSR count). The fourth-order valence-electron chi connectivity index (χ4n) is 1.22. The summed E-state index contributed by atoms with van der Waals surface area (Å²) in [6.45, 7) is 1.87. The van der Waals surface area contributed by atoms with Crippen molar-refractivity contribution >= 4 is 18.1 Å². The predicted octanol–water partition coefficient (Wildman–Crippen LogP) is 1.03. The first-order valence-electron chi connectivity index (χ1n) is 4.62. The van der Waals surface area contributed by atoms with Gasteiger partial charge in [-0.25, -0.2) is 4.79 Å². The fraction of sp³-hybridized carbons (Fsp3) is 0.200. The number of hydrogen-bond donors (Lipinski definition) is 3. The van der Waals surface area contributed by atoms with Crippen molar-refractivity contribution in [2.45, 2.75) is 6.92 Å². The van der Waals surface area contributed by atoms with Crippen LogP contribution < -0.4 is 21.2 Å². The molecule has 0 saturated carbocycles. The summed E-state index contributed by atoms with van der Waals surface area (Å²) in [7, 11) is 1.54. The van der Waals surface area contributed by atoms with Gasteiger partial charge in [0, 0.05) is 0 Å². The Balaban J connectivity index is 2.83. The third-order valence-corrected chi connectivity index (χ3v) is 1.96. The Morgan fingerprint density at radius 1 is 1.56 bits per heavy atom. The Hall–Kier alpha value is -2.24. The topological polar surface area (TPSA) is 88.7 Å². The van der Waals surface area contributed by atoms with E-state index in [1.54, 1.807) is 13.2 Å². The number of benzene rings is 1. The highest BCUT2D eigenvalue weighted by Crippen LogP contribution is 2.27. The standard InChI is InChI=1S/C10H14N4O2/c1-7-4-3-5-8(16-2)9(7)14-10(15)12-6-13-11/h3-6H,11H2,1-2H3,(H2,12,13,14,15). The van der Waals surface area contributed by atoms with Crippen molar-refractivity contribution in [2.75, 3.05) is 12.4 Å². The average molecular weight is 222 g/mol. The molecule has 1 aromatic carbocycles. The molecule has 0 fully saturated rings. The number of hydrazone groups is 1. The molecule has 0 atom stereocenters. The number of methoxy groups -OCH3 is 1. The van der Waals surface area contributed by atoms with Gasteiger partial charge in [-0.2, -0.15) is 5.10 Å². The zero-order valence-corrected chi connectivity index (χ0v) is 9.15. The van der Waals surface area contributed by atoms with Crippen LogP contribution in [0.3, 0.4) is 0 Å². The van der Waals surface area contributed by atoms with E-state index in [-0.39, 0.29) is 0 Å². The second-order valence-electron chi connectivity index (χ2n) is 3.03. The van der Waals surface area contributed by atoms with E-state index in [2.05, 4.69) is 15.7 Å². The van der Waals surface area contributed by atoms with Crippen molar-refractivity contribution in [3.05, 3.63) is 23.8 Å². The zero-order valence-electron chi connectivity index (χ0n) is 9.15. The Morgan fingerprint density at radius 3 is 2.94 bits per heavy atom. The Kier molecular flexibility index (Phi) is 4.14. The maximum absolute atomic E-state index is 11.4. The SMILES string of the molecule is COc1cccc(C)c1NC(=O)NC=NN. The van der Waals surface area contributed by atoms with Gasteiger partial charge in [0.2, 0.25) is 0 Å². The van der Waals surface area contributed by atoms with Gasteiger partial charge in [0.15, 0.2) is 0 Å². The molecule has 0 radical (unpaired) electrons. The van der Waals surface area contributed by atoms with Gasteiger partial charge in [-0.1, -0.05) is 12.1 Å². The zero-order chi connectivity index (χ0) is 12.0. The number of ether oxygens (including phenoxy) is 1. The predicted molar refractivity (Wildman–Crippen MR) is 62.6 cm³/mol. The largest absolute Gasteiger partial charge is 0.495 e. The number of hydrogen-bond acceptors (Lipinski definition) is 4. The van der Waals surface area contributed by atoms with Crippen molar-refractivity contribution in [1.82, 2.24) is 5.32 Å². The van der Waals surface area contributed by atoms with Gasteiger partial charge in [-0.15, -0.1) is 0 Å². The number of nitrogens with zero attached hydrogens (tertiary/aromatic N) is 1. The number of carbonyl (C=O) groups is 1. The van der Waals surface area contributed by atoms with Crippen molar-refractivity contribution in [3.8, 4) is 5.75 Å².